The monoisotopic (exact) mass is 377 g/mol. The molecule has 8 nitrogen and oxygen atoms in total. The van der Waals surface area contributed by atoms with Gasteiger partial charge in [0.15, 0.2) is 0 Å². The lowest BCUT2D eigenvalue weighted by molar-refractivity contribution is -0.116. The summed E-state index contributed by atoms with van der Waals surface area (Å²) < 4.78 is 16.5. The molecule has 0 saturated heterocycles. The molecule has 0 aliphatic rings. The van der Waals surface area contributed by atoms with Crippen molar-refractivity contribution in [2.24, 2.45) is 0 Å². The Morgan fingerprint density at radius 3 is 2.65 bits per heavy atom. The van der Waals surface area contributed by atoms with Crippen LogP contribution in [0.1, 0.15) is 15.9 Å². The summed E-state index contributed by atoms with van der Waals surface area (Å²) in [6, 6.07) is 4.41. The minimum atomic E-state index is -1.12. The average molecular weight is 378 g/mol. The molecule has 3 aromatic rings. The summed E-state index contributed by atoms with van der Waals surface area (Å²) in [4.78, 5) is 22.8. The highest BCUT2D eigenvalue weighted by Crippen LogP contribution is 2.20. The molecule has 0 spiro atoms. The van der Waals surface area contributed by atoms with Gasteiger partial charge in [0.1, 0.15) is 12.4 Å². The van der Waals surface area contributed by atoms with Gasteiger partial charge < -0.3 is 10.4 Å². The third-order valence-corrected chi connectivity index (χ3v) is 3.84. The number of benzene rings is 1. The van der Waals surface area contributed by atoms with Gasteiger partial charge in [-0.3, -0.25) is 14.2 Å². The Morgan fingerprint density at radius 1 is 1.19 bits per heavy atom. The number of nitrogens with zero attached hydrogens (tertiary/aromatic N) is 4. The number of carboxylic acids is 1. The van der Waals surface area contributed by atoms with Crippen molar-refractivity contribution in [1.82, 2.24) is 19.6 Å². The maximum atomic E-state index is 13.8. The standard InChI is InChI=1S/C16H13ClFN5O3/c17-13-2-1-3-14(18)12(13)8-23-7-11(5-20-23)21-15(24)9-22-6-10(4-19-22)16(25)26/h1-7H,8-9H2,(H,21,24)(H,25,26). The first-order chi connectivity index (χ1) is 12.4. The van der Waals surface area contributed by atoms with Crippen LogP contribution in [0.4, 0.5) is 10.1 Å². The van der Waals surface area contributed by atoms with Gasteiger partial charge in [-0.25, -0.2) is 9.18 Å². The second-order valence-electron chi connectivity index (χ2n) is 5.41. The third kappa shape index (κ3) is 4.06. The van der Waals surface area contributed by atoms with Gasteiger partial charge in [-0.1, -0.05) is 17.7 Å². The summed E-state index contributed by atoms with van der Waals surface area (Å²) in [5, 5.41) is 19.6. The second-order valence-corrected chi connectivity index (χ2v) is 5.81. The fourth-order valence-corrected chi connectivity index (χ4v) is 2.49. The predicted molar refractivity (Wildman–Crippen MR) is 90.6 cm³/mol. The molecule has 0 radical (unpaired) electrons. The van der Waals surface area contributed by atoms with Crippen LogP contribution in [-0.2, 0) is 17.9 Å². The van der Waals surface area contributed by atoms with Crippen molar-refractivity contribution in [3.8, 4) is 0 Å². The Kier molecular flexibility index (Phi) is 4.99. The van der Waals surface area contributed by atoms with E-state index < -0.39 is 17.7 Å². The summed E-state index contributed by atoms with van der Waals surface area (Å²) in [5.41, 5.74) is 0.702. The van der Waals surface area contributed by atoms with Crippen molar-refractivity contribution in [3.63, 3.8) is 0 Å². The number of carboxylic acid groups (broad SMARTS) is 1. The van der Waals surface area contributed by atoms with E-state index >= 15 is 0 Å². The molecule has 134 valence electrons. The van der Waals surface area contributed by atoms with Crippen molar-refractivity contribution in [1.29, 1.82) is 0 Å². The van der Waals surface area contributed by atoms with Crippen molar-refractivity contribution in [2.45, 2.75) is 13.1 Å². The van der Waals surface area contributed by atoms with Crippen LogP contribution < -0.4 is 5.32 Å². The Labute approximate surface area is 151 Å². The maximum Gasteiger partial charge on any atom is 0.338 e. The number of halogens is 2. The number of carbonyl (C=O) groups excluding carboxylic acids is 1. The fraction of sp³-hybridized carbons (Fsp3) is 0.125. The zero-order valence-corrected chi connectivity index (χ0v) is 14.0. The van der Waals surface area contributed by atoms with Gasteiger partial charge in [-0.05, 0) is 12.1 Å². The van der Waals surface area contributed by atoms with Gasteiger partial charge in [-0.2, -0.15) is 10.2 Å². The predicted octanol–water partition coefficient (Wildman–Crippen LogP) is 2.26. The van der Waals surface area contributed by atoms with Crippen LogP contribution in [0.25, 0.3) is 0 Å². The lowest BCUT2D eigenvalue weighted by Gasteiger charge is -2.06. The number of rotatable bonds is 6. The van der Waals surface area contributed by atoms with E-state index in [-0.39, 0.29) is 18.7 Å². The third-order valence-electron chi connectivity index (χ3n) is 3.48. The normalized spacial score (nSPS) is 10.7. The van der Waals surface area contributed by atoms with Crippen LogP contribution in [0.3, 0.4) is 0 Å². The maximum absolute atomic E-state index is 13.8. The molecule has 3 rings (SSSR count). The molecule has 0 unspecified atom stereocenters. The van der Waals surface area contributed by atoms with Crippen molar-refractivity contribution in [3.05, 3.63) is 65.0 Å². The minimum Gasteiger partial charge on any atom is -0.478 e. The van der Waals surface area contributed by atoms with Gasteiger partial charge in [0.2, 0.25) is 5.91 Å². The van der Waals surface area contributed by atoms with E-state index in [2.05, 4.69) is 15.5 Å². The first-order valence-electron chi connectivity index (χ1n) is 7.43. The summed E-state index contributed by atoms with van der Waals surface area (Å²) in [6.45, 7) is -0.0416. The number of hydrogen-bond acceptors (Lipinski definition) is 4. The van der Waals surface area contributed by atoms with E-state index in [9.17, 15) is 14.0 Å². The molecular formula is C16H13ClFN5O3. The first kappa shape index (κ1) is 17.6. The molecule has 2 aromatic heterocycles. The molecule has 2 heterocycles. The highest BCUT2D eigenvalue weighted by molar-refractivity contribution is 6.31. The van der Waals surface area contributed by atoms with Crippen molar-refractivity contribution >= 4 is 29.2 Å². The van der Waals surface area contributed by atoms with Crippen molar-refractivity contribution < 1.29 is 19.1 Å². The Hall–Kier alpha value is -3.20. The van der Waals surface area contributed by atoms with E-state index in [1.807, 2.05) is 0 Å². The van der Waals surface area contributed by atoms with Crippen molar-refractivity contribution in [2.75, 3.05) is 5.32 Å². The number of anilines is 1. The van der Waals surface area contributed by atoms with Crippen LogP contribution in [0.5, 0.6) is 0 Å². The topological polar surface area (TPSA) is 102 Å². The Bertz CT molecular complexity index is 948. The van der Waals surface area contributed by atoms with Crippen LogP contribution in [0, 0.1) is 5.82 Å². The quantitative estimate of drug-likeness (QED) is 0.686. The molecule has 0 fully saturated rings. The number of aromatic carboxylic acids is 1. The molecule has 1 amide bonds. The molecule has 1 aromatic carbocycles. The molecule has 10 heteroatoms. The highest BCUT2D eigenvalue weighted by Gasteiger charge is 2.11. The van der Waals surface area contributed by atoms with Crippen LogP contribution >= 0.6 is 11.6 Å². The molecular weight excluding hydrogens is 365 g/mol. The first-order valence-corrected chi connectivity index (χ1v) is 7.81. The molecule has 26 heavy (non-hydrogen) atoms. The van der Waals surface area contributed by atoms with Crippen LogP contribution in [0.2, 0.25) is 5.02 Å². The Morgan fingerprint density at radius 2 is 1.96 bits per heavy atom. The molecule has 0 saturated carbocycles. The summed E-state index contributed by atoms with van der Waals surface area (Å²) in [5.74, 6) is -1.97. The van der Waals surface area contributed by atoms with Gasteiger partial charge in [0.05, 0.1) is 30.2 Å². The van der Waals surface area contributed by atoms with Gasteiger partial charge >= 0.3 is 5.97 Å². The van der Waals surface area contributed by atoms with Gasteiger partial charge in [0.25, 0.3) is 0 Å². The lowest BCUT2D eigenvalue weighted by atomic mass is 10.2. The molecule has 0 bridgehead atoms. The summed E-state index contributed by atoms with van der Waals surface area (Å²) in [6.07, 6.45) is 5.36. The number of aromatic nitrogens is 4. The zero-order chi connectivity index (χ0) is 18.7. The van der Waals surface area contributed by atoms with E-state index in [0.717, 1.165) is 6.20 Å². The summed E-state index contributed by atoms with van der Waals surface area (Å²) in [7, 11) is 0. The molecule has 0 aliphatic carbocycles. The Balaban J connectivity index is 1.62. The van der Waals surface area contributed by atoms with E-state index in [1.165, 1.54) is 40.1 Å². The van der Waals surface area contributed by atoms with E-state index in [1.54, 1.807) is 6.07 Å². The lowest BCUT2D eigenvalue weighted by Crippen LogP contribution is -2.18. The van der Waals surface area contributed by atoms with E-state index in [4.69, 9.17) is 16.7 Å². The number of carbonyl (C=O) groups is 2. The number of hydrogen-bond donors (Lipinski definition) is 2. The SMILES string of the molecule is O=C(Cn1cc(C(=O)O)cn1)Nc1cnn(Cc2c(F)cccc2Cl)c1. The minimum absolute atomic E-state index is 0.00705. The van der Waals surface area contributed by atoms with Crippen LogP contribution in [-0.4, -0.2) is 36.5 Å². The smallest absolute Gasteiger partial charge is 0.338 e. The summed E-state index contributed by atoms with van der Waals surface area (Å²) >= 11 is 5.98. The fourth-order valence-electron chi connectivity index (χ4n) is 2.27. The molecule has 2 N–H and O–H groups in total. The van der Waals surface area contributed by atoms with Gasteiger partial charge in [-0.15, -0.1) is 0 Å². The zero-order valence-electron chi connectivity index (χ0n) is 13.3. The largest absolute Gasteiger partial charge is 0.478 e. The van der Waals surface area contributed by atoms with E-state index in [0.29, 0.717) is 16.3 Å². The number of amides is 1. The average Bonchev–Trinajstić information content (AvgIpc) is 3.21. The molecule has 0 aliphatic heterocycles. The van der Waals surface area contributed by atoms with Gasteiger partial charge in [0, 0.05) is 23.0 Å². The highest BCUT2D eigenvalue weighted by atomic mass is 35.5. The van der Waals surface area contributed by atoms with Crippen LogP contribution in [0.15, 0.2) is 43.0 Å². The second kappa shape index (κ2) is 7.36. The number of nitrogens with one attached hydrogen (secondary N) is 1. The molecule has 0 atom stereocenters.